The van der Waals surface area contributed by atoms with Crippen LogP contribution >= 0.6 is 0 Å². The van der Waals surface area contributed by atoms with E-state index in [1.165, 1.54) is 6.20 Å². The molecule has 6 nitrogen and oxygen atoms in total. The van der Waals surface area contributed by atoms with E-state index in [1.54, 1.807) is 25.1 Å². The summed E-state index contributed by atoms with van der Waals surface area (Å²) in [5, 5.41) is 0.0561. The summed E-state index contributed by atoms with van der Waals surface area (Å²) in [7, 11) is -3.65. The van der Waals surface area contributed by atoms with Crippen molar-refractivity contribution in [3.8, 4) is 0 Å². The number of nitrogen functional groups attached to an aromatic ring is 1. The van der Waals surface area contributed by atoms with Crippen molar-refractivity contribution in [1.82, 2.24) is 9.97 Å². The monoisotopic (exact) mass is 280 g/mol. The quantitative estimate of drug-likeness (QED) is 0.741. The Kier molecular flexibility index (Phi) is 3.48. The molecule has 0 bridgehead atoms. The predicted molar refractivity (Wildman–Crippen MR) is 74.4 cm³/mol. The Morgan fingerprint density at radius 1 is 1.42 bits per heavy atom. The number of benzene rings is 1. The third-order valence-electron chi connectivity index (χ3n) is 2.72. The summed E-state index contributed by atoms with van der Waals surface area (Å²) in [5.74, 6) is 0.634. The fraction of sp³-hybridized carbons (Fsp3) is 0.250. The Hall–Kier alpha value is -2.02. The van der Waals surface area contributed by atoms with E-state index in [0.717, 1.165) is 5.56 Å². The van der Waals surface area contributed by atoms with E-state index in [0.29, 0.717) is 23.6 Å². The van der Waals surface area contributed by atoms with Gasteiger partial charge in [0.05, 0.1) is 11.9 Å². The third-order valence-corrected chi connectivity index (χ3v) is 4.00. The van der Waals surface area contributed by atoms with Crippen molar-refractivity contribution in [2.45, 2.75) is 25.3 Å². The number of nitrogens with zero attached hydrogens (tertiary/aromatic N) is 1. The highest BCUT2D eigenvalue weighted by Crippen LogP contribution is 2.21. The van der Waals surface area contributed by atoms with Gasteiger partial charge in [0.2, 0.25) is 0 Å². The summed E-state index contributed by atoms with van der Waals surface area (Å²) >= 11 is 0. The Balaban J connectivity index is 2.30. The minimum absolute atomic E-state index is 0.0561. The number of nitrogens with one attached hydrogen (secondary N) is 2. The van der Waals surface area contributed by atoms with Crippen LogP contribution in [-0.2, 0) is 16.4 Å². The Morgan fingerprint density at radius 2 is 2.16 bits per heavy atom. The lowest BCUT2D eigenvalue weighted by Crippen LogP contribution is -2.14. The van der Waals surface area contributed by atoms with E-state index in [-0.39, 0.29) is 5.03 Å². The predicted octanol–water partition coefficient (Wildman–Crippen LogP) is 1.66. The standard InChI is InChI=1S/C12H16N4O2S/c1-3-11-14-7-12(15-11)19(17,18)16-10-5-4-9(13)6-8(10)2/h4-7,16H,3,13H2,1-2H3,(H,14,15). The van der Waals surface area contributed by atoms with Crippen LogP contribution in [0.3, 0.4) is 0 Å². The fourth-order valence-corrected chi connectivity index (χ4v) is 2.73. The van der Waals surface area contributed by atoms with Crippen LogP contribution in [0, 0.1) is 6.92 Å². The van der Waals surface area contributed by atoms with Crippen molar-refractivity contribution >= 4 is 21.4 Å². The molecule has 2 rings (SSSR count). The Bertz CT molecular complexity index is 692. The van der Waals surface area contributed by atoms with Gasteiger partial charge in [0.15, 0.2) is 5.03 Å². The first-order valence-corrected chi connectivity index (χ1v) is 7.33. The molecule has 0 aliphatic carbocycles. The van der Waals surface area contributed by atoms with Crippen molar-refractivity contribution in [2.24, 2.45) is 0 Å². The molecule has 1 heterocycles. The molecular weight excluding hydrogens is 264 g/mol. The topological polar surface area (TPSA) is 101 Å². The van der Waals surface area contributed by atoms with Crippen molar-refractivity contribution in [3.05, 3.63) is 35.8 Å². The SMILES string of the molecule is CCc1ncc(S(=O)(=O)Nc2ccc(N)cc2C)[nH]1. The molecule has 0 fully saturated rings. The van der Waals surface area contributed by atoms with Crippen LogP contribution in [0.5, 0.6) is 0 Å². The van der Waals surface area contributed by atoms with Gasteiger partial charge in [-0.2, -0.15) is 8.42 Å². The molecule has 0 aliphatic heterocycles. The maximum Gasteiger partial charge on any atom is 0.278 e. The van der Waals surface area contributed by atoms with Crippen LogP contribution in [0.2, 0.25) is 0 Å². The fourth-order valence-electron chi connectivity index (χ4n) is 1.66. The van der Waals surface area contributed by atoms with Gasteiger partial charge in [0.1, 0.15) is 5.82 Å². The number of aromatic amines is 1. The first-order valence-electron chi connectivity index (χ1n) is 5.85. The molecule has 0 atom stereocenters. The molecule has 0 unspecified atom stereocenters. The molecule has 19 heavy (non-hydrogen) atoms. The third kappa shape index (κ3) is 2.87. The van der Waals surface area contributed by atoms with Crippen LogP contribution in [0.4, 0.5) is 11.4 Å². The molecular formula is C12H16N4O2S. The van der Waals surface area contributed by atoms with E-state index in [1.807, 2.05) is 6.92 Å². The van der Waals surface area contributed by atoms with Gasteiger partial charge >= 0.3 is 0 Å². The van der Waals surface area contributed by atoms with Gasteiger partial charge in [-0.1, -0.05) is 6.92 Å². The summed E-state index contributed by atoms with van der Waals surface area (Å²) in [6.45, 7) is 3.69. The second-order valence-corrected chi connectivity index (χ2v) is 5.88. The molecule has 1 aromatic heterocycles. The zero-order valence-electron chi connectivity index (χ0n) is 10.8. The van der Waals surface area contributed by atoms with Gasteiger partial charge in [-0.15, -0.1) is 0 Å². The van der Waals surface area contributed by atoms with Crippen LogP contribution in [0.1, 0.15) is 18.3 Å². The van der Waals surface area contributed by atoms with Crippen molar-refractivity contribution in [3.63, 3.8) is 0 Å². The molecule has 1 aromatic carbocycles. The van der Waals surface area contributed by atoms with Crippen LogP contribution in [0.15, 0.2) is 29.4 Å². The van der Waals surface area contributed by atoms with E-state index >= 15 is 0 Å². The maximum atomic E-state index is 12.2. The van der Waals surface area contributed by atoms with Crippen LogP contribution in [-0.4, -0.2) is 18.4 Å². The zero-order valence-corrected chi connectivity index (χ0v) is 11.6. The maximum absolute atomic E-state index is 12.2. The van der Waals surface area contributed by atoms with Crippen LogP contribution < -0.4 is 10.5 Å². The lowest BCUT2D eigenvalue weighted by Gasteiger charge is -2.09. The highest BCUT2D eigenvalue weighted by molar-refractivity contribution is 7.92. The molecule has 0 saturated carbocycles. The molecule has 2 aromatic rings. The summed E-state index contributed by atoms with van der Waals surface area (Å²) in [4.78, 5) is 6.75. The number of rotatable bonds is 4. The minimum atomic E-state index is -3.65. The summed E-state index contributed by atoms with van der Waals surface area (Å²) in [6, 6.07) is 5.00. The number of hydrogen-bond acceptors (Lipinski definition) is 4. The molecule has 0 saturated heterocycles. The van der Waals surface area contributed by atoms with Crippen molar-refractivity contribution in [2.75, 3.05) is 10.5 Å². The Morgan fingerprint density at radius 3 is 2.74 bits per heavy atom. The van der Waals surface area contributed by atoms with E-state index in [4.69, 9.17) is 5.73 Å². The summed E-state index contributed by atoms with van der Waals surface area (Å²) in [6.07, 6.45) is 1.96. The average Bonchev–Trinajstić information content (AvgIpc) is 2.82. The molecule has 0 radical (unpaired) electrons. The zero-order chi connectivity index (χ0) is 14.0. The van der Waals surface area contributed by atoms with Gasteiger partial charge in [-0.25, -0.2) is 4.98 Å². The molecule has 4 N–H and O–H groups in total. The van der Waals surface area contributed by atoms with Gasteiger partial charge in [-0.05, 0) is 30.7 Å². The number of imidazole rings is 1. The van der Waals surface area contributed by atoms with Gasteiger partial charge in [-0.3, -0.25) is 4.72 Å². The first-order chi connectivity index (χ1) is 8.92. The molecule has 7 heteroatoms. The van der Waals surface area contributed by atoms with Crippen LogP contribution in [0.25, 0.3) is 0 Å². The van der Waals surface area contributed by atoms with Crippen molar-refractivity contribution in [1.29, 1.82) is 0 Å². The average molecular weight is 280 g/mol. The summed E-state index contributed by atoms with van der Waals surface area (Å²) < 4.78 is 26.8. The lowest BCUT2D eigenvalue weighted by molar-refractivity contribution is 0.598. The smallest absolute Gasteiger partial charge is 0.278 e. The van der Waals surface area contributed by atoms with Gasteiger partial charge < -0.3 is 10.7 Å². The van der Waals surface area contributed by atoms with Gasteiger partial charge in [0.25, 0.3) is 10.0 Å². The molecule has 0 amide bonds. The largest absolute Gasteiger partial charge is 0.399 e. The lowest BCUT2D eigenvalue weighted by atomic mass is 10.2. The molecule has 102 valence electrons. The van der Waals surface area contributed by atoms with E-state index < -0.39 is 10.0 Å². The Labute approximate surface area is 112 Å². The molecule has 0 spiro atoms. The number of anilines is 2. The second kappa shape index (κ2) is 4.93. The number of H-pyrrole nitrogens is 1. The molecule has 0 aliphatic rings. The number of aromatic nitrogens is 2. The normalized spacial score (nSPS) is 11.5. The van der Waals surface area contributed by atoms with Crippen molar-refractivity contribution < 1.29 is 8.42 Å². The highest BCUT2D eigenvalue weighted by atomic mass is 32.2. The first kappa shape index (κ1) is 13.4. The second-order valence-electron chi connectivity index (χ2n) is 4.23. The number of hydrogen-bond donors (Lipinski definition) is 3. The number of aryl methyl sites for hydroxylation is 2. The highest BCUT2D eigenvalue weighted by Gasteiger charge is 2.17. The summed E-state index contributed by atoms with van der Waals surface area (Å²) in [5.41, 5.74) is 7.49. The van der Waals surface area contributed by atoms with E-state index in [9.17, 15) is 8.42 Å². The number of nitrogens with two attached hydrogens (primary N) is 1. The van der Waals surface area contributed by atoms with E-state index in [2.05, 4.69) is 14.7 Å². The minimum Gasteiger partial charge on any atom is -0.399 e. The van der Waals surface area contributed by atoms with Gasteiger partial charge in [0, 0.05) is 12.1 Å². The number of sulfonamides is 1.